The van der Waals surface area contributed by atoms with Crippen LogP contribution in [0.15, 0.2) is 53.7 Å². The minimum atomic E-state index is 0.163. The van der Waals surface area contributed by atoms with E-state index in [2.05, 4.69) is 41.2 Å². The van der Waals surface area contributed by atoms with Crippen LogP contribution in [0.2, 0.25) is 0 Å². The Labute approximate surface area is 163 Å². The lowest BCUT2D eigenvalue weighted by atomic mass is 10.2. The van der Waals surface area contributed by atoms with Crippen molar-refractivity contribution in [1.82, 2.24) is 9.97 Å². The first-order valence-corrected chi connectivity index (χ1v) is 9.48. The van der Waals surface area contributed by atoms with Gasteiger partial charge in [0.1, 0.15) is 35.5 Å². The SMILES string of the molecule is Cc1ccc(OCc2nc(SCc3cccc(C)c3)nc(N)c2C#N)cc1. The zero-order valence-corrected chi connectivity index (χ0v) is 16.1. The summed E-state index contributed by atoms with van der Waals surface area (Å²) in [4.78, 5) is 8.76. The van der Waals surface area contributed by atoms with Crippen LogP contribution in [0.4, 0.5) is 5.82 Å². The van der Waals surface area contributed by atoms with Crippen LogP contribution in [0.3, 0.4) is 0 Å². The molecule has 0 bridgehead atoms. The number of aryl methyl sites for hydroxylation is 2. The Hall–Kier alpha value is -3.04. The van der Waals surface area contributed by atoms with Crippen molar-refractivity contribution in [3.63, 3.8) is 0 Å². The number of ether oxygens (including phenoxy) is 1. The van der Waals surface area contributed by atoms with E-state index < -0.39 is 0 Å². The van der Waals surface area contributed by atoms with Gasteiger partial charge in [-0.25, -0.2) is 9.97 Å². The van der Waals surface area contributed by atoms with Gasteiger partial charge >= 0.3 is 0 Å². The second kappa shape index (κ2) is 8.56. The topological polar surface area (TPSA) is 84.8 Å². The molecule has 2 N–H and O–H groups in total. The average molecular weight is 376 g/mol. The summed E-state index contributed by atoms with van der Waals surface area (Å²) in [7, 11) is 0. The van der Waals surface area contributed by atoms with Gasteiger partial charge < -0.3 is 10.5 Å². The maximum Gasteiger partial charge on any atom is 0.190 e. The predicted molar refractivity (Wildman–Crippen MR) is 107 cm³/mol. The number of thioether (sulfide) groups is 1. The molecule has 0 aliphatic carbocycles. The molecule has 0 unspecified atom stereocenters. The maximum atomic E-state index is 9.39. The Balaban J connectivity index is 1.76. The molecule has 27 heavy (non-hydrogen) atoms. The minimum Gasteiger partial charge on any atom is -0.487 e. The molecule has 0 aliphatic rings. The largest absolute Gasteiger partial charge is 0.487 e. The van der Waals surface area contributed by atoms with Crippen molar-refractivity contribution in [2.24, 2.45) is 0 Å². The van der Waals surface area contributed by atoms with Gasteiger partial charge in [0, 0.05) is 5.75 Å². The smallest absolute Gasteiger partial charge is 0.190 e. The third-order valence-electron chi connectivity index (χ3n) is 3.95. The zero-order chi connectivity index (χ0) is 19.2. The summed E-state index contributed by atoms with van der Waals surface area (Å²) >= 11 is 1.49. The molecular weight excluding hydrogens is 356 g/mol. The van der Waals surface area contributed by atoms with Gasteiger partial charge in [-0.3, -0.25) is 0 Å². The van der Waals surface area contributed by atoms with Crippen LogP contribution < -0.4 is 10.5 Å². The van der Waals surface area contributed by atoms with E-state index in [4.69, 9.17) is 10.5 Å². The quantitative estimate of drug-likeness (QED) is 0.506. The zero-order valence-electron chi connectivity index (χ0n) is 15.3. The van der Waals surface area contributed by atoms with Crippen LogP contribution in [-0.2, 0) is 12.4 Å². The number of nitrogen functional groups attached to an aromatic ring is 1. The van der Waals surface area contributed by atoms with Crippen LogP contribution in [0, 0.1) is 25.2 Å². The lowest BCUT2D eigenvalue weighted by Crippen LogP contribution is -2.08. The van der Waals surface area contributed by atoms with Gasteiger partial charge in [0.2, 0.25) is 0 Å². The Morgan fingerprint density at radius 3 is 2.56 bits per heavy atom. The lowest BCUT2D eigenvalue weighted by molar-refractivity contribution is 0.299. The van der Waals surface area contributed by atoms with E-state index >= 15 is 0 Å². The normalized spacial score (nSPS) is 10.4. The maximum absolute atomic E-state index is 9.39. The summed E-state index contributed by atoms with van der Waals surface area (Å²) in [6.45, 7) is 4.24. The molecule has 3 rings (SSSR count). The van der Waals surface area contributed by atoms with Gasteiger partial charge in [-0.15, -0.1) is 0 Å². The van der Waals surface area contributed by atoms with Crippen molar-refractivity contribution in [2.45, 2.75) is 31.4 Å². The molecule has 0 radical (unpaired) electrons. The average Bonchev–Trinajstić information content (AvgIpc) is 2.66. The fraction of sp³-hybridized carbons (Fsp3) is 0.190. The molecule has 1 heterocycles. The minimum absolute atomic E-state index is 0.163. The third-order valence-corrected chi connectivity index (χ3v) is 4.87. The van der Waals surface area contributed by atoms with Crippen molar-refractivity contribution in [2.75, 3.05) is 5.73 Å². The van der Waals surface area contributed by atoms with Crippen molar-refractivity contribution in [3.05, 3.63) is 76.5 Å². The highest BCUT2D eigenvalue weighted by atomic mass is 32.2. The van der Waals surface area contributed by atoms with E-state index in [0.717, 1.165) is 17.1 Å². The molecule has 0 fully saturated rings. The number of aromatic nitrogens is 2. The Bertz CT molecular complexity index is 980. The van der Waals surface area contributed by atoms with E-state index in [1.165, 1.54) is 22.9 Å². The summed E-state index contributed by atoms with van der Waals surface area (Å²) in [5.74, 6) is 1.63. The van der Waals surface area contributed by atoms with Crippen LogP contribution in [-0.4, -0.2) is 9.97 Å². The lowest BCUT2D eigenvalue weighted by Gasteiger charge is -2.10. The van der Waals surface area contributed by atoms with Crippen LogP contribution in [0.25, 0.3) is 0 Å². The molecule has 0 saturated carbocycles. The Morgan fingerprint density at radius 1 is 1.07 bits per heavy atom. The molecule has 5 nitrogen and oxygen atoms in total. The molecular formula is C21H20N4OS. The van der Waals surface area contributed by atoms with Gasteiger partial charge in [-0.05, 0) is 31.5 Å². The molecule has 6 heteroatoms. The fourth-order valence-corrected chi connectivity index (χ4v) is 3.34. The second-order valence-corrected chi connectivity index (χ2v) is 7.15. The molecule has 0 saturated heterocycles. The number of nitriles is 1. The summed E-state index contributed by atoms with van der Waals surface area (Å²) in [5.41, 5.74) is 10.3. The standard InChI is InChI=1S/C21H20N4OS/c1-14-6-8-17(9-7-14)26-12-19-18(11-22)20(23)25-21(24-19)27-13-16-5-3-4-15(2)10-16/h3-10H,12-13H2,1-2H3,(H2,23,24,25). The van der Waals surface area contributed by atoms with E-state index in [1.807, 2.05) is 37.3 Å². The van der Waals surface area contributed by atoms with Crippen molar-refractivity contribution in [3.8, 4) is 11.8 Å². The Kier molecular flexibility index (Phi) is 5.94. The number of anilines is 1. The van der Waals surface area contributed by atoms with Crippen molar-refractivity contribution < 1.29 is 4.74 Å². The third kappa shape index (κ3) is 4.99. The predicted octanol–water partition coefficient (Wildman–Crippen LogP) is 4.42. The van der Waals surface area contributed by atoms with E-state index in [0.29, 0.717) is 10.9 Å². The number of rotatable bonds is 6. The van der Waals surface area contributed by atoms with Crippen molar-refractivity contribution >= 4 is 17.6 Å². The number of hydrogen-bond acceptors (Lipinski definition) is 6. The van der Waals surface area contributed by atoms with E-state index in [-0.39, 0.29) is 18.0 Å². The van der Waals surface area contributed by atoms with Crippen LogP contribution >= 0.6 is 11.8 Å². The highest BCUT2D eigenvalue weighted by Crippen LogP contribution is 2.24. The Morgan fingerprint density at radius 2 is 1.85 bits per heavy atom. The molecule has 3 aromatic rings. The number of nitrogens with zero attached hydrogens (tertiary/aromatic N) is 3. The molecule has 0 atom stereocenters. The molecule has 1 aromatic heterocycles. The highest BCUT2D eigenvalue weighted by Gasteiger charge is 2.13. The first kappa shape index (κ1) is 18.7. The fourth-order valence-electron chi connectivity index (χ4n) is 2.53. The summed E-state index contributed by atoms with van der Waals surface area (Å²) < 4.78 is 5.77. The molecule has 2 aromatic carbocycles. The van der Waals surface area contributed by atoms with E-state index in [1.54, 1.807) is 0 Å². The van der Waals surface area contributed by atoms with Gasteiger partial charge in [0.15, 0.2) is 5.16 Å². The molecule has 0 amide bonds. The van der Waals surface area contributed by atoms with E-state index in [9.17, 15) is 5.26 Å². The van der Waals surface area contributed by atoms with Crippen LogP contribution in [0.1, 0.15) is 27.9 Å². The second-order valence-electron chi connectivity index (χ2n) is 6.20. The summed E-state index contributed by atoms with van der Waals surface area (Å²) in [6.07, 6.45) is 0. The van der Waals surface area contributed by atoms with Gasteiger partial charge in [-0.2, -0.15) is 5.26 Å². The molecule has 0 aliphatic heterocycles. The highest BCUT2D eigenvalue weighted by molar-refractivity contribution is 7.98. The number of benzene rings is 2. The van der Waals surface area contributed by atoms with Gasteiger partial charge in [0.05, 0.1) is 0 Å². The first-order chi connectivity index (χ1) is 13.0. The first-order valence-electron chi connectivity index (χ1n) is 8.49. The van der Waals surface area contributed by atoms with Crippen LogP contribution in [0.5, 0.6) is 5.75 Å². The van der Waals surface area contributed by atoms with Gasteiger partial charge in [0.25, 0.3) is 0 Å². The van der Waals surface area contributed by atoms with Gasteiger partial charge in [-0.1, -0.05) is 59.3 Å². The molecule has 136 valence electrons. The molecule has 0 spiro atoms. The summed E-state index contributed by atoms with van der Waals surface area (Å²) in [6, 6.07) is 18.1. The monoisotopic (exact) mass is 376 g/mol. The number of hydrogen-bond donors (Lipinski definition) is 1. The van der Waals surface area contributed by atoms with Crippen molar-refractivity contribution in [1.29, 1.82) is 5.26 Å². The summed E-state index contributed by atoms with van der Waals surface area (Å²) in [5, 5.41) is 9.93. The number of nitrogens with two attached hydrogens (primary N) is 1.